The summed E-state index contributed by atoms with van der Waals surface area (Å²) < 4.78 is 10.2. The number of benzene rings is 2. The molecule has 1 N–H and O–H groups in total. The number of nitrogens with zero attached hydrogens (tertiary/aromatic N) is 1. The summed E-state index contributed by atoms with van der Waals surface area (Å²) in [6.45, 7) is 2.89. The first-order chi connectivity index (χ1) is 13.1. The van der Waals surface area contributed by atoms with Gasteiger partial charge in [0.1, 0.15) is 5.75 Å². The first kappa shape index (κ1) is 20.3. The van der Waals surface area contributed by atoms with Gasteiger partial charge in [-0.05, 0) is 31.0 Å². The molecule has 0 fully saturated rings. The van der Waals surface area contributed by atoms with E-state index in [0.29, 0.717) is 37.6 Å². The summed E-state index contributed by atoms with van der Waals surface area (Å²) in [6.07, 6.45) is 0.864. The molecule has 0 aliphatic heterocycles. The van der Waals surface area contributed by atoms with Crippen LogP contribution in [0.2, 0.25) is 0 Å². The van der Waals surface area contributed by atoms with Crippen LogP contribution < -0.4 is 10.1 Å². The molecule has 2 amide bonds. The van der Waals surface area contributed by atoms with Crippen LogP contribution in [0, 0.1) is 0 Å². The van der Waals surface area contributed by atoms with E-state index in [4.69, 9.17) is 9.47 Å². The Morgan fingerprint density at radius 3 is 2.52 bits per heavy atom. The molecule has 0 bridgehead atoms. The van der Waals surface area contributed by atoms with Crippen LogP contribution in [0.15, 0.2) is 54.6 Å². The number of carbonyl (C=O) groups excluding carboxylic acids is 2. The lowest BCUT2D eigenvalue weighted by Gasteiger charge is -2.23. The SMILES string of the molecule is CCOC(=O)CCN(CCc1ccccc1)C(=O)Nc1cccc(OC)c1. The van der Waals surface area contributed by atoms with Crippen LogP contribution in [0.3, 0.4) is 0 Å². The third kappa shape index (κ3) is 7.01. The van der Waals surface area contributed by atoms with Gasteiger partial charge in [0.05, 0.1) is 20.1 Å². The van der Waals surface area contributed by atoms with Crippen molar-refractivity contribution in [2.24, 2.45) is 0 Å². The summed E-state index contributed by atoms with van der Waals surface area (Å²) in [5.74, 6) is 0.353. The quantitative estimate of drug-likeness (QED) is 0.683. The van der Waals surface area contributed by atoms with Gasteiger partial charge < -0.3 is 19.7 Å². The van der Waals surface area contributed by atoms with Crippen LogP contribution in [0.5, 0.6) is 5.75 Å². The van der Waals surface area contributed by atoms with Gasteiger partial charge in [-0.15, -0.1) is 0 Å². The number of esters is 1. The van der Waals surface area contributed by atoms with E-state index in [1.54, 1.807) is 37.1 Å². The molecule has 2 aromatic carbocycles. The maximum atomic E-state index is 12.7. The van der Waals surface area contributed by atoms with Crippen LogP contribution in [0.4, 0.5) is 10.5 Å². The Morgan fingerprint density at radius 2 is 1.81 bits per heavy atom. The number of amides is 2. The first-order valence-corrected chi connectivity index (χ1v) is 9.02. The van der Waals surface area contributed by atoms with E-state index in [-0.39, 0.29) is 18.4 Å². The van der Waals surface area contributed by atoms with Crippen LogP contribution in [0.25, 0.3) is 0 Å². The number of ether oxygens (including phenoxy) is 2. The Morgan fingerprint density at radius 1 is 1.04 bits per heavy atom. The lowest BCUT2D eigenvalue weighted by molar-refractivity contribution is -0.143. The van der Waals surface area contributed by atoms with E-state index in [1.165, 1.54) is 0 Å². The van der Waals surface area contributed by atoms with Gasteiger partial charge in [0, 0.05) is 24.8 Å². The van der Waals surface area contributed by atoms with Crippen LogP contribution >= 0.6 is 0 Å². The number of rotatable bonds is 9. The second-order valence-electron chi connectivity index (χ2n) is 5.94. The number of methoxy groups -OCH3 is 1. The number of hydrogen-bond acceptors (Lipinski definition) is 4. The minimum absolute atomic E-state index is 0.161. The van der Waals surface area contributed by atoms with Gasteiger partial charge in [-0.1, -0.05) is 36.4 Å². The van der Waals surface area contributed by atoms with E-state index in [1.807, 2.05) is 36.4 Å². The largest absolute Gasteiger partial charge is 0.497 e. The summed E-state index contributed by atoms with van der Waals surface area (Å²) in [5, 5.41) is 2.86. The Hall–Kier alpha value is -3.02. The summed E-state index contributed by atoms with van der Waals surface area (Å²) in [4.78, 5) is 26.0. The highest BCUT2D eigenvalue weighted by Crippen LogP contribution is 2.17. The Kier molecular flexibility index (Phi) is 8.16. The second kappa shape index (κ2) is 10.9. The zero-order valence-corrected chi connectivity index (χ0v) is 15.8. The van der Waals surface area contributed by atoms with Crippen molar-refractivity contribution >= 4 is 17.7 Å². The fraction of sp³-hybridized carbons (Fsp3) is 0.333. The van der Waals surface area contributed by atoms with Crippen molar-refractivity contribution in [2.75, 3.05) is 32.1 Å². The Labute approximate surface area is 160 Å². The van der Waals surface area contributed by atoms with Gasteiger partial charge in [0.15, 0.2) is 0 Å². The van der Waals surface area contributed by atoms with E-state index < -0.39 is 0 Å². The molecule has 0 saturated carbocycles. The topological polar surface area (TPSA) is 67.9 Å². The molecule has 0 unspecified atom stereocenters. The number of hydrogen-bond donors (Lipinski definition) is 1. The van der Waals surface area contributed by atoms with Gasteiger partial charge >= 0.3 is 12.0 Å². The van der Waals surface area contributed by atoms with Crippen LogP contribution in [-0.4, -0.2) is 43.7 Å². The Balaban J connectivity index is 2.01. The van der Waals surface area contributed by atoms with Crippen LogP contribution in [0.1, 0.15) is 18.9 Å². The van der Waals surface area contributed by atoms with Gasteiger partial charge in [-0.3, -0.25) is 4.79 Å². The van der Waals surface area contributed by atoms with Crippen LogP contribution in [-0.2, 0) is 16.0 Å². The molecule has 2 aromatic rings. The van der Waals surface area contributed by atoms with Crippen molar-refractivity contribution in [3.63, 3.8) is 0 Å². The lowest BCUT2D eigenvalue weighted by atomic mass is 10.1. The van der Waals surface area contributed by atoms with E-state index >= 15 is 0 Å². The molecule has 0 radical (unpaired) electrons. The molecule has 0 saturated heterocycles. The molecule has 0 aromatic heterocycles. The average Bonchev–Trinajstić information content (AvgIpc) is 2.69. The van der Waals surface area contributed by atoms with Crippen molar-refractivity contribution in [1.82, 2.24) is 4.90 Å². The average molecular weight is 370 g/mol. The molecular formula is C21H26N2O4. The second-order valence-corrected chi connectivity index (χ2v) is 5.94. The van der Waals surface area contributed by atoms with Crippen molar-refractivity contribution < 1.29 is 19.1 Å². The fourth-order valence-corrected chi connectivity index (χ4v) is 2.59. The molecular weight excluding hydrogens is 344 g/mol. The predicted octanol–water partition coefficient (Wildman–Crippen LogP) is 3.73. The van der Waals surface area contributed by atoms with E-state index in [9.17, 15) is 9.59 Å². The van der Waals surface area contributed by atoms with Gasteiger partial charge in [-0.25, -0.2) is 4.79 Å². The molecule has 0 spiro atoms. The smallest absolute Gasteiger partial charge is 0.321 e. The van der Waals surface area contributed by atoms with Gasteiger partial charge in [0.25, 0.3) is 0 Å². The lowest BCUT2D eigenvalue weighted by Crippen LogP contribution is -2.38. The van der Waals surface area contributed by atoms with Crippen molar-refractivity contribution in [3.8, 4) is 5.75 Å². The number of nitrogens with one attached hydrogen (secondary N) is 1. The van der Waals surface area contributed by atoms with E-state index in [0.717, 1.165) is 5.56 Å². The number of urea groups is 1. The monoisotopic (exact) mass is 370 g/mol. The molecule has 0 atom stereocenters. The molecule has 2 rings (SSSR count). The standard InChI is InChI=1S/C21H26N2O4/c1-3-27-20(24)13-15-23(14-12-17-8-5-4-6-9-17)21(25)22-18-10-7-11-19(16-18)26-2/h4-11,16H,3,12-15H2,1-2H3,(H,22,25). The third-order valence-corrected chi connectivity index (χ3v) is 4.01. The molecule has 0 aliphatic carbocycles. The number of anilines is 1. The van der Waals surface area contributed by atoms with Gasteiger partial charge in [-0.2, -0.15) is 0 Å². The zero-order chi connectivity index (χ0) is 19.5. The predicted molar refractivity (Wildman–Crippen MR) is 105 cm³/mol. The summed E-state index contributed by atoms with van der Waals surface area (Å²) in [7, 11) is 1.58. The number of carbonyl (C=O) groups is 2. The van der Waals surface area contributed by atoms with Crippen molar-refractivity contribution in [1.29, 1.82) is 0 Å². The summed E-state index contributed by atoms with van der Waals surface area (Å²) in [5.41, 5.74) is 1.77. The molecule has 0 heterocycles. The molecule has 27 heavy (non-hydrogen) atoms. The fourth-order valence-electron chi connectivity index (χ4n) is 2.59. The maximum Gasteiger partial charge on any atom is 0.321 e. The summed E-state index contributed by atoms with van der Waals surface area (Å²) >= 11 is 0. The zero-order valence-electron chi connectivity index (χ0n) is 15.8. The third-order valence-electron chi connectivity index (χ3n) is 4.01. The first-order valence-electron chi connectivity index (χ1n) is 9.02. The highest BCUT2D eigenvalue weighted by molar-refractivity contribution is 5.89. The molecule has 144 valence electrons. The maximum absolute atomic E-state index is 12.7. The highest BCUT2D eigenvalue weighted by Gasteiger charge is 2.16. The highest BCUT2D eigenvalue weighted by atomic mass is 16.5. The molecule has 6 nitrogen and oxygen atoms in total. The molecule has 6 heteroatoms. The minimum atomic E-state index is -0.309. The minimum Gasteiger partial charge on any atom is -0.497 e. The van der Waals surface area contributed by atoms with Gasteiger partial charge in [0.2, 0.25) is 0 Å². The Bertz CT molecular complexity index is 734. The van der Waals surface area contributed by atoms with Crippen molar-refractivity contribution in [2.45, 2.75) is 19.8 Å². The van der Waals surface area contributed by atoms with E-state index in [2.05, 4.69) is 5.32 Å². The molecule has 0 aliphatic rings. The van der Waals surface area contributed by atoms with Crippen molar-refractivity contribution in [3.05, 3.63) is 60.2 Å². The normalized spacial score (nSPS) is 10.1. The summed E-state index contributed by atoms with van der Waals surface area (Å²) in [6, 6.07) is 16.8.